The van der Waals surface area contributed by atoms with Crippen LogP contribution >= 0.6 is 0 Å². The number of nitrogens with zero attached hydrogens (tertiary/aromatic N) is 1. The number of likely N-dealkylation sites (tertiary alicyclic amines) is 1. The van der Waals surface area contributed by atoms with Gasteiger partial charge in [-0.1, -0.05) is 13.3 Å². The molecule has 1 atom stereocenters. The van der Waals surface area contributed by atoms with Crippen LogP contribution in [0.25, 0.3) is 0 Å². The van der Waals surface area contributed by atoms with Crippen LogP contribution in [0.1, 0.15) is 39.0 Å². The number of amides is 1. The van der Waals surface area contributed by atoms with E-state index in [1.54, 1.807) is 0 Å². The summed E-state index contributed by atoms with van der Waals surface area (Å²) in [5, 5.41) is 0. The second-order valence-corrected chi connectivity index (χ2v) is 4.48. The fraction of sp³-hybridized carbons (Fsp3) is 0.909. The van der Waals surface area contributed by atoms with E-state index >= 15 is 0 Å². The first-order chi connectivity index (χ1) is 6.31. The lowest BCUT2D eigenvalue weighted by Crippen LogP contribution is -2.40. The Kier molecular flexibility index (Phi) is 2.56. The lowest BCUT2D eigenvalue weighted by molar-refractivity contribution is -0.134. The van der Waals surface area contributed by atoms with E-state index in [1.165, 1.54) is 19.3 Å². The maximum absolute atomic E-state index is 11.7. The van der Waals surface area contributed by atoms with Crippen LogP contribution in [0.15, 0.2) is 0 Å². The van der Waals surface area contributed by atoms with E-state index in [2.05, 4.69) is 11.8 Å². The zero-order chi connectivity index (χ0) is 9.26. The smallest absolute Gasteiger partial charge is 0.225 e. The van der Waals surface area contributed by atoms with Crippen molar-refractivity contribution in [1.82, 2.24) is 4.90 Å². The molecule has 1 amide bonds. The molecular weight excluding hydrogens is 162 g/mol. The molecule has 0 spiro atoms. The van der Waals surface area contributed by atoms with Gasteiger partial charge in [-0.2, -0.15) is 0 Å². The van der Waals surface area contributed by atoms with E-state index in [0.29, 0.717) is 11.8 Å². The van der Waals surface area contributed by atoms with Gasteiger partial charge in [0.1, 0.15) is 0 Å². The SMILES string of the molecule is CC[C@@H]1CCCN(C(=O)C2CC2)C1. The molecule has 0 aromatic rings. The number of carbonyl (C=O) groups excluding carboxylic acids is 1. The summed E-state index contributed by atoms with van der Waals surface area (Å²) in [5.74, 6) is 1.63. The quantitative estimate of drug-likeness (QED) is 0.638. The fourth-order valence-electron chi connectivity index (χ4n) is 2.19. The van der Waals surface area contributed by atoms with Crippen LogP contribution in [0.3, 0.4) is 0 Å². The largest absolute Gasteiger partial charge is 0.342 e. The molecule has 1 saturated carbocycles. The van der Waals surface area contributed by atoms with Gasteiger partial charge in [-0.3, -0.25) is 4.79 Å². The third kappa shape index (κ3) is 2.04. The number of hydrogen-bond acceptors (Lipinski definition) is 1. The highest BCUT2D eigenvalue weighted by molar-refractivity contribution is 5.81. The monoisotopic (exact) mass is 181 g/mol. The van der Waals surface area contributed by atoms with Crippen LogP contribution in [0.4, 0.5) is 0 Å². The van der Waals surface area contributed by atoms with Gasteiger partial charge in [0.05, 0.1) is 0 Å². The summed E-state index contributed by atoms with van der Waals surface area (Å²) >= 11 is 0. The van der Waals surface area contributed by atoms with Crippen LogP contribution in [-0.4, -0.2) is 23.9 Å². The molecule has 0 bridgehead atoms. The van der Waals surface area contributed by atoms with Crippen LogP contribution in [0.5, 0.6) is 0 Å². The van der Waals surface area contributed by atoms with Gasteiger partial charge in [-0.05, 0) is 31.6 Å². The molecule has 2 heteroatoms. The third-order valence-corrected chi connectivity index (χ3v) is 3.33. The average Bonchev–Trinajstić information content (AvgIpc) is 3.00. The Bertz CT molecular complexity index is 198. The van der Waals surface area contributed by atoms with Crippen molar-refractivity contribution >= 4 is 5.91 Å². The minimum absolute atomic E-state index is 0.413. The topological polar surface area (TPSA) is 20.3 Å². The maximum atomic E-state index is 11.7. The predicted octanol–water partition coefficient (Wildman–Crippen LogP) is 2.04. The van der Waals surface area contributed by atoms with Crippen LogP contribution in [-0.2, 0) is 4.79 Å². The van der Waals surface area contributed by atoms with Crippen molar-refractivity contribution in [3.63, 3.8) is 0 Å². The zero-order valence-corrected chi connectivity index (χ0v) is 8.46. The van der Waals surface area contributed by atoms with Gasteiger partial charge in [-0.15, -0.1) is 0 Å². The fourth-order valence-corrected chi connectivity index (χ4v) is 2.19. The van der Waals surface area contributed by atoms with Crippen LogP contribution < -0.4 is 0 Å². The van der Waals surface area contributed by atoms with Crippen molar-refractivity contribution in [2.24, 2.45) is 11.8 Å². The minimum atomic E-state index is 0.413. The van der Waals surface area contributed by atoms with Gasteiger partial charge in [-0.25, -0.2) is 0 Å². The molecule has 74 valence electrons. The summed E-state index contributed by atoms with van der Waals surface area (Å²) in [5.41, 5.74) is 0. The molecular formula is C11H19NO. The first-order valence-corrected chi connectivity index (χ1v) is 5.60. The lowest BCUT2D eigenvalue weighted by atomic mass is 9.95. The summed E-state index contributed by atoms with van der Waals surface area (Å²) in [6.07, 6.45) is 6.06. The van der Waals surface area contributed by atoms with E-state index in [1.807, 2.05) is 0 Å². The van der Waals surface area contributed by atoms with Gasteiger partial charge in [0.25, 0.3) is 0 Å². The Hall–Kier alpha value is -0.530. The molecule has 0 unspecified atom stereocenters. The molecule has 1 aliphatic heterocycles. The van der Waals surface area contributed by atoms with Crippen molar-refractivity contribution in [3.8, 4) is 0 Å². The van der Waals surface area contributed by atoms with Gasteiger partial charge < -0.3 is 4.90 Å². The first-order valence-electron chi connectivity index (χ1n) is 5.60. The molecule has 1 saturated heterocycles. The molecule has 13 heavy (non-hydrogen) atoms. The summed E-state index contributed by atoms with van der Waals surface area (Å²) in [7, 11) is 0. The van der Waals surface area contributed by atoms with E-state index in [-0.39, 0.29) is 0 Å². The highest BCUT2D eigenvalue weighted by Gasteiger charge is 2.34. The van der Waals surface area contributed by atoms with Crippen molar-refractivity contribution in [2.45, 2.75) is 39.0 Å². The Morgan fingerprint density at radius 2 is 2.15 bits per heavy atom. The number of piperidine rings is 1. The highest BCUT2D eigenvalue weighted by atomic mass is 16.2. The average molecular weight is 181 g/mol. The summed E-state index contributed by atoms with van der Waals surface area (Å²) < 4.78 is 0. The highest BCUT2D eigenvalue weighted by Crippen LogP contribution is 2.32. The molecule has 2 fully saturated rings. The number of rotatable bonds is 2. The Labute approximate surface area is 80.3 Å². The summed E-state index contributed by atoms with van der Waals surface area (Å²) in [6.45, 7) is 4.29. The maximum Gasteiger partial charge on any atom is 0.225 e. The second-order valence-electron chi connectivity index (χ2n) is 4.48. The van der Waals surface area contributed by atoms with Crippen LogP contribution in [0.2, 0.25) is 0 Å². The third-order valence-electron chi connectivity index (χ3n) is 3.33. The van der Waals surface area contributed by atoms with Crippen molar-refractivity contribution in [3.05, 3.63) is 0 Å². The van der Waals surface area contributed by atoms with Gasteiger partial charge in [0.15, 0.2) is 0 Å². The molecule has 2 aliphatic rings. The second kappa shape index (κ2) is 3.69. The minimum Gasteiger partial charge on any atom is -0.342 e. The van der Waals surface area contributed by atoms with E-state index < -0.39 is 0 Å². The van der Waals surface area contributed by atoms with E-state index in [0.717, 1.165) is 31.8 Å². The van der Waals surface area contributed by atoms with Gasteiger partial charge in [0, 0.05) is 19.0 Å². The molecule has 1 aliphatic carbocycles. The molecule has 2 rings (SSSR count). The normalized spacial score (nSPS) is 29.0. The van der Waals surface area contributed by atoms with Crippen LogP contribution in [0, 0.1) is 11.8 Å². The lowest BCUT2D eigenvalue weighted by Gasteiger charge is -2.32. The Balaban J connectivity index is 1.87. The zero-order valence-electron chi connectivity index (χ0n) is 8.46. The Morgan fingerprint density at radius 3 is 2.77 bits per heavy atom. The molecule has 0 radical (unpaired) electrons. The molecule has 2 nitrogen and oxygen atoms in total. The first kappa shape index (κ1) is 9.04. The molecule has 0 N–H and O–H groups in total. The van der Waals surface area contributed by atoms with Crippen molar-refractivity contribution in [2.75, 3.05) is 13.1 Å². The van der Waals surface area contributed by atoms with Crippen molar-refractivity contribution < 1.29 is 4.79 Å². The summed E-state index contributed by atoms with van der Waals surface area (Å²) in [4.78, 5) is 13.9. The number of carbonyl (C=O) groups is 1. The predicted molar refractivity (Wildman–Crippen MR) is 52.3 cm³/mol. The molecule has 0 aromatic carbocycles. The Morgan fingerprint density at radius 1 is 1.38 bits per heavy atom. The molecule has 1 heterocycles. The van der Waals surface area contributed by atoms with Crippen molar-refractivity contribution in [1.29, 1.82) is 0 Å². The van der Waals surface area contributed by atoms with E-state index in [4.69, 9.17) is 0 Å². The van der Waals surface area contributed by atoms with Gasteiger partial charge >= 0.3 is 0 Å². The standard InChI is InChI=1S/C11H19NO/c1-2-9-4-3-7-12(8-9)11(13)10-5-6-10/h9-10H,2-8H2,1H3/t9-/m1/s1. The number of hydrogen-bond donors (Lipinski definition) is 0. The van der Waals surface area contributed by atoms with Gasteiger partial charge in [0.2, 0.25) is 5.91 Å². The molecule has 0 aromatic heterocycles. The summed E-state index contributed by atoms with van der Waals surface area (Å²) in [6, 6.07) is 0. The van der Waals surface area contributed by atoms with E-state index in [9.17, 15) is 4.79 Å².